The zero-order chi connectivity index (χ0) is 16.2. The van der Waals surface area contributed by atoms with E-state index in [1.807, 2.05) is 24.6 Å². The molecule has 2 aromatic rings. The summed E-state index contributed by atoms with van der Waals surface area (Å²) < 4.78 is 34.6. The summed E-state index contributed by atoms with van der Waals surface area (Å²) in [5.41, 5.74) is 1.91. The van der Waals surface area contributed by atoms with Crippen molar-refractivity contribution in [3.63, 3.8) is 0 Å². The lowest BCUT2D eigenvalue weighted by Gasteiger charge is -2.13. The van der Waals surface area contributed by atoms with Crippen molar-refractivity contribution in [2.45, 2.75) is 31.7 Å². The van der Waals surface area contributed by atoms with Gasteiger partial charge in [0.2, 0.25) is 10.0 Å². The van der Waals surface area contributed by atoms with Gasteiger partial charge in [-0.2, -0.15) is 0 Å². The molecule has 0 aliphatic heterocycles. The van der Waals surface area contributed by atoms with Crippen LogP contribution in [0.4, 0.5) is 0 Å². The topological polar surface area (TPSA) is 73.2 Å². The molecular formula is C15H21N3O3S. The standard InChI is InChI=1S/C15H21N3O3S/c1-12-9-14(21-3)15(10-13(12)2)22(19,20)17-5-4-7-18-8-6-16-11-18/h6,8-11,17H,4-5,7H2,1-3H3. The number of hydrogen-bond acceptors (Lipinski definition) is 4. The lowest BCUT2D eigenvalue weighted by molar-refractivity contribution is 0.401. The predicted octanol–water partition coefficient (Wildman–Crippen LogP) is 1.88. The fourth-order valence-corrected chi connectivity index (χ4v) is 3.41. The summed E-state index contributed by atoms with van der Waals surface area (Å²) in [6, 6.07) is 3.39. The normalized spacial score (nSPS) is 11.6. The van der Waals surface area contributed by atoms with E-state index in [1.54, 1.807) is 24.7 Å². The summed E-state index contributed by atoms with van der Waals surface area (Å²) in [5, 5.41) is 0. The molecule has 1 heterocycles. The number of aromatic nitrogens is 2. The van der Waals surface area contributed by atoms with Crippen LogP contribution in [0.1, 0.15) is 17.5 Å². The molecule has 0 amide bonds. The molecule has 120 valence electrons. The minimum atomic E-state index is -3.58. The van der Waals surface area contributed by atoms with Gasteiger partial charge in [-0.3, -0.25) is 0 Å². The first-order chi connectivity index (χ1) is 10.4. The molecular weight excluding hydrogens is 302 g/mol. The Morgan fingerprint density at radius 1 is 1.27 bits per heavy atom. The average Bonchev–Trinajstić information content (AvgIpc) is 2.99. The highest BCUT2D eigenvalue weighted by Crippen LogP contribution is 2.27. The third-order valence-corrected chi connectivity index (χ3v) is 5.00. The number of hydrogen-bond donors (Lipinski definition) is 1. The van der Waals surface area contributed by atoms with Crippen LogP contribution in [0, 0.1) is 13.8 Å². The second kappa shape index (κ2) is 6.93. The Balaban J connectivity index is 2.05. The van der Waals surface area contributed by atoms with Crippen molar-refractivity contribution in [1.29, 1.82) is 0 Å². The number of benzene rings is 1. The average molecular weight is 323 g/mol. The number of imidazole rings is 1. The third-order valence-electron chi connectivity index (χ3n) is 3.51. The molecule has 0 fully saturated rings. The second-order valence-electron chi connectivity index (χ2n) is 5.14. The predicted molar refractivity (Wildman–Crippen MR) is 84.5 cm³/mol. The van der Waals surface area contributed by atoms with Crippen LogP contribution in [-0.2, 0) is 16.6 Å². The minimum absolute atomic E-state index is 0.181. The molecule has 6 nitrogen and oxygen atoms in total. The highest BCUT2D eigenvalue weighted by molar-refractivity contribution is 7.89. The van der Waals surface area contributed by atoms with Gasteiger partial charge in [-0.15, -0.1) is 0 Å². The first-order valence-corrected chi connectivity index (χ1v) is 8.53. The monoisotopic (exact) mass is 323 g/mol. The van der Waals surface area contributed by atoms with Gasteiger partial charge in [0.05, 0.1) is 13.4 Å². The number of methoxy groups -OCH3 is 1. The summed E-state index contributed by atoms with van der Waals surface area (Å²) in [5.74, 6) is 0.366. The molecule has 0 saturated heterocycles. The lowest BCUT2D eigenvalue weighted by Crippen LogP contribution is -2.26. The molecule has 0 unspecified atom stereocenters. The van der Waals surface area contributed by atoms with Gasteiger partial charge in [-0.1, -0.05) is 0 Å². The molecule has 22 heavy (non-hydrogen) atoms. The summed E-state index contributed by atoms with van der Waals surface area (Å²) >= 11 is 0. The van der Waals surface area contributed by atoms with Gasteiger partial charge < -0.3 is 9.30 Å². The number of ether oxygens (including phenoxy) is 1. The van der Waals surface area contributed by atoms with Crippen molar-refractivity contribution in [3.05, 3.63) is 42.0 Å². The van der Waals surface area contributed by atoms with Crippen LogP contribution in [0.3, 0.4) is 0 Å². The molecule has 0 aliphatic carbocycles. The molecule has 1 N–H and O–H groups in total. The molecule has 0 aliphatic rings. The number of nitrogens with zero attached hydrogens (tertiary/aromatic N) is 2. The molecule has 2 rings (SSSR count). The molecule has 0 atom stereocenters. The van der Waals surface area contributed by atoms with Gasteiger partial charge in [-0.05, 0) is 43.5 Å². The van der Waals surface area contributed by atoms with Crippen molar-refractivity contribution in [2.75, 3.05) is 13.7 Å². The van der Waals surface area contributed by atoms with E-state index in [0.717, 1.165) is 11.1 Å². The third kappa shape index (κ3) is 3.86. The Bertz CT molecular complexity index is 725. The minimum Gasteiger partial charge on any atom is -0.495 e. The van der Waals surface area contributed by atoms with E-state index in [9.17, 15) is 8.42 Å². The molecule has 0 spiro atoms. The Morgan fingerprint density at radius 3 is 2.64 bits per heavy atom. The maximum absolute atomic E-state index is 12.4. The van der Waals surface area contributed by atoms with Crippen LogP contribution in [0.25, 0.3) is 0 Å². The van der Waals surface area contributed by atoms with Crippen LogP contribution in [0.2, 0.25) is 0 Å². The van der Waals surface area contributed by atoms with Gasteiger partial charge in [0.15, 0.2) is 0 Å². The molecule has 7 heteroatoms. The van der Waals surface area contributed by atoms with Crippen LogP contribution >= 0.6 is 0 Å². The largest absolute Gasteiger partial charge is 0.495 e. The molecule has 1 aromatic heterocycles. The molecule has 1 aromatic carbocycles. The smallest absolute Gasteiger partial charge is 0.244 e. The Hall–Kier alpha value is -1.86. The molecule has 0 saturated carbocycles. The Labute approximate surface area is 131 Å². The molecule has 0 radical (unpaired) electrons. The zero-order valence-electron chi connectivity index (χ0n) is 13.0. The van der Waals surface area contributed by atoms with E-state index in [4.69, 9.17) is 4.74 Å². The maximum atomic E-state index is 12.4. The van der Waals surface area contributed by atoms with Gasteiger partial charge in [-0.25, -0.2) is 18.1 Å². The quantitative estimate of drug-likeness (QED) is 0.790. The Morgan fingerprint density at radius 2 is 2.00 bits per heavy atom. The van der Waals surface area contributed by atoms with Crippen LogP contribution < -0.4 is 9.46 Å². The fourth-order valence-electron chi connectivity index (χ4n) is 2.10. The maximum Gasteiger partial charge on any atom is 0.244 e. The van der Waals surface area contributed by atoms with E-state index in [1.165, 1.54) is 7.11 Å². The second-order valence-corrected chi connectivity index (χ2v) is 6.87. The van der Waals surface area contributed by atoms with Gasteiger partial charge in [0, 0.05) is 25.5 Å². The van der Waals surface area contributed by atoms with E-state index in [-0.39, 0.29) is 4.90 Å². The zero-order valence-corrected chi connectivity index (χ0v) is 13.9. The van der Waals surface area contributed by atoms with Crippen molar-refractivity contribution in [1.82, 2.24) is 14.3 Å². The van der Waals surface area contributed by atoms with Crippen molar-refractivity contribution in [3.8, 4) is 5.75 Å². The van der Waals surface area contributed by atoms with Gasteiger partial charge >= 0.3 is 0 Å². The first-order valence-electron chi connectivity index (χ1n) is 7.04. The van der Waals surface area contributed by atoms with Gasteiger partial charge in [0.25, 0.3) is 0 Å². The SMILES string of the molecule is COc1cc(C)c(C)cc1S(=O)(=O)NCCCn1ccnc1. The Kier molecular flexibility index (Phi) is 5.20. The van der Waals surface area contributed by atoms with Crippen LogP contribution in [0.5, 0.6) is 5.75 Å². The fraction of sp³-hybridized carbons (Fsp3) is 0.400. The lowest BCUT2D eigenvalue weighted by atomic mass is 10.1. The summed E-state index contributed by atoms with van der Waals surface area (Å²) in [6.45, 7) is 4.88. The number of nitrogens with one attached hydrogen (secondary N) is 1. The molecule has 0 bridgehead atoms. The summed E-state index contributed by atoms with van der Waals surface area (Å²) in [7, 11) is -2.11. The van der Waals surface area contributed by atoms with Crippen LogP contribution in [-0.4, -0.2) is 31.6 Å². The number of sulfonamides is 1. The van der Waals surface area contributed by atoms with Crippen molar-refractivity contribution < 1.29 is 13.2 Å². The highest BCUT2D eigenvalue weighted by Gasteiger charge is 2.20. The summed E-state index contributed by atoms with van der Waals surface area (Å²) in [6.07, 6.45) is 5.94. The number of rotatable bonds is 7. The summed E-state index contributed by atoms with van der Waals surface area (Å²) in [4.78, 5) is 4.13. The van der Waals surface area contributed by atoms with Crippen molar-refractivity contribution >= 4 is 10.0 Å². The number of aryl methyl sites for hydroxylation is 3. The van der Waals surface area contributed by atoms with Crippen LogP contribution in [0.15, 0.2) is 35.7 Å². The van der Waals surface area contributed by atoms with E-state index < -0.39 is 10.0 Å². The van der Waals surface area contributed by atoms with E-state index in [0.29, 0.717) is 25.3 Å². The van der Waals surface area contributed by atoms with E-state index >= 15 is 0 Å². The van der Waals surface area contributed by atoms with Crippen molar-refractivity contribution in [2.24, 2.45) is 0 Å². The highest BCUT2D eigenvalue weighted by atomic mass is 32.2. The van der Waals surface area contributed by atoms with E-state index in [2.05, 4.69) is 9.71 Å². The first kappa shape index (κ1) is 16.5. The van der Waals surface area contributed by atoms with Gasteiger partial charge in [0.1, 0.15) is 10.6 Å².